The molecule has 1 saturated carbocycles. The summed E-state index contributed by atoms with van der Waals surface area (Å²) in [7, 11) is 0. The van der Waals surface area contributed by atoms with E-state index in [4.69, 9.17) is 0 Å². The van der Waals surface area contributed by atoms with Gasteiger partial charge in [0, 0.05) is 19.6 Å². The number of aliphatic carboxylic acids is 1. The van der Waals surface area contributed by atoms with Crippen LogP contribution in [0.4, 0.5) is 0 Å². The lowest BCUT2D eigenvalue weighted by molar-refractivity contribution is -0.152. The number of likely N-dealkylation sites (tertiary alicyclic amines) is 1. The summed E-state index contributed by atoms with van der Waals surface area (Å²) < 4.78 is 0. The highest BCUT2D eigenvalue weighted by molar-refractivity contribution is 5.75. The van der Waals surface area contributed by atoms with Crippen molar-refractivity contribution in [2.24, 2.45) is 11.3 Å². The largest absolute Gasteiger partial charge is 0.481 e. The van der Waals surface area contributed by atoms with Crippen LogP contribution in [0.5, 0.6) is 0 Å². The molecule has 0 unspecified atom stereocenters. The van der Waals surface area contributed by atoms with Gasteiger partial charge in [-0.1, -0.05) is 39.0 Å². The smallest absolute Gasteiger partial charge is 0.310 e. The van der Waals surface area contributed by atoms with Crippen molar-refractivity contribution >= 4 is 5.97 Å². The molecule has 2 rings (SSSR count). The van der Waals surface area contributed by atoms with Gasteiger partial charge in [0.25, 0.3) is 0 Å². The molecule has 1 saturated heterocycles. The van der Waals surface area contributed by atoms with Crippen LogP contribution in [0.25, 0.3) is 0 Å². The van der Waals surface area contributed by atoms with Gasteiger partial charge >= 0.3 is 5.97 Å². The Balaban J connectivity index is 1.89. The molecule has 2 aliphatic rings. The van der Waals surface area contributed by atoms with Crippen molar-refractivity contribution < 1.29 is 9.90 Å². The zero-order chi connectivity index (χ0) is 13.0. The molecule has 1 aliphatic heterocycles. The molecule has 3 nitrogen and oxygen atoms in total. The van der Waals surface area contributed by atoms with E-state index in [2.05, 4.69) is 11.8 Å². The molecule has 1 N–H and O–H groups in total. The molecule has 0 radical (unpaired) electrons. The van der Waals surface area contributed by atoms with Crippen molar-refractivity contribution in [3.05, 3.63) is 0 Å². The summed E-state index contributed by atoms with van der Waals surface area (Å²) in [6, 6.07) is 0. The van der Waals surface area contributed by atoms with Crippen molar-refractivity contribution in [2.75, 3.05) is 19.6 Å². The lowest BCUT2D eigenvalue weighted by Crippen LogP contribution is -2.53. The number of rotatable bonds is 5. The highest BCUT2D eigenvalue weighted by atomic mass is 16.4. The summed E-state index contributed by atoms with van der Waals surface area (Å²) in [6.07, 6.45) is 8.95. The summed E-state index contributed by atoms with van der Waals surface area (Å²) in [4.78, 5) is 14.1. The Morgan fingerprint density at radius 3 is 2.33 bits per heavy atom. The molecule has 1 aliphatic carbocycles. The van der Waals surface area contributed by atoms with E-state index in [9.17, 15) is 9.90 Å². The Morgan fingerprint density at radius 1 is 1.22 bits per heavy atom. The average molecular weight is 253 g/mol. The summed E-state index contributed by atoms with van der Waals surface area (Å²) in [6.45, 7) is 5.28. The van der Waals surface area contributed by atoms with Crippen LogP contribution in [0, 0.1) is 11.3 Å². The maximum absolute atomic E-state index is 11.7. The van der Waals surface area contributed by atoms with Crippen LogP contribution >= 0.6 is 0 Å². The fraction of sp³-hybridized carbons (Fsp3) is 0.933. The lowest BCUT2D eigenvalue weighted by Gasteiger charge is -2.44. The van der Waals surface area contributed by atoms with Crippen LogP contribution < -0.4 is 0 Å². The summed E-state index contributed by atoms with van der Waals surface area (Å²) in [5.41, 5.74) is -0.437. The zero-order valence-corrected chi connectivity index (χ0v) is 11.7. The number of hydrogen-bond donors (Lipinski definition) is 1. The van der Waals surface area contributed by atoms with Crippen molar-refractivity contribution in [1.29, 1.82) is 0 Å². The van der Waals surface area contributed by atoms with E-state index in [-0.39, 0.29) is 0 Å². The summed E-state index contributed by atoms with van der Waals surface area (Å²) in [5, 5.41) is 9.62. The average Bonchev–Trinajstić information content (AvgIpc) is 2.53. The molecule has 0 aromatic heterocycles. The van der Waals surface area contributed by atoms with Crippen molar-refractivity contribution in [3.8, 4) is 0 Å². The standard InChI is InChI=1S/C15H27NO2/c1-2-7-13-10-16(11-13)12-15(14(17)18)8-5-3-4-6-9-15/h13H,2-12H2,1H3,(H,17,18). The van der Waals surface area contributed by atoms with Gasteiger partial charge in [-0.05, 0) is 25.2 Å². The molecule has 3 heteroatoms. The second-order valence-electron chi connectivity index (χ2n) is 6.35. The van der Waals surface area contributed by atoms with E-state index in [0.717, 1.165) is 51.2 Å². The van der Waals surface area contributed by atoms with Gasteiger partial charge in [-0.25, -0.2) is 0 Å². The maximum atomic E-state index is 11.7. The van der Waals surface area contributed by atoms with Crippen LogP contribution in [0.15, 0.2) is 0 Å². The third kappa shape index (κ3) is 3.05. The van der Waals surface area contributed by atoms with Gasteiger partial charge in [0.05, 0.1) is 5.41 Å². The third-order valence-electron chi connectivity index (χ3n) is 4.77. The molecule has 0 aromatic carbocycles. The van der Waals surface area contributed by atoms with Gasteiger partial charge in [0.15, 0.2) is 0 Å². The molecule has 0 spiro atoms. The van der Waals surface area contributed by atoms with Crippen molar-refractivity contribution in [2.45, 2.75) is 58.3 Å². The third-order valence-corrected chi connectivity index (χ3v) is 4.77. The first-order valence-electron chi connectivity index (χ1n) is 7.62. The van der Waals surface area contributed by atoms with E-state index < -0.39 is 11.4 Å². The summed E-state index contributed by atoms with van der Waals surface area (Å²) in [5.74, 6) is 0.273. The SMILES string of the molecule is CCCC1CN(CC2(C(=O)O)CCCCCC2)C1. The Labute approximate surface area is 111 Å². The number of nitrogens with zero attached hydrogens (tertiary/aromatic N) is 1. The van der Waals surface area contributed by atoms with E-state index in [1.54, 1.807) is 0 Å². The van der Waals surface area contributed by atoms with Crippen LogP contribution in [-0.2, 0) is 4.79 Å². The first kappa shape index (κ1) is 13.9. The van der Waals surface area contributed by atoms with Crippen LogP contribution in [0.1, 0.15) is 58.3 Å². The van der Waals surface area contributed by atoms with Gasteiger partial charge in [-0.15, -0.1) is 0 Å². The Kier molecular flexibility index (Phi) is 4.66. The maximum Gasteiger partial charge on any atom is 0.310 e. The highest BCUT2D eigenvalue weighted by Crippen LogP contribution is 2.38. The summed E-state index contributed by atoms with van der Waals surface area (Å²) >= 11 is 0. The van der Waals surface area contributed by atoms with Crippen molar-refractivity contribution in [3.63, 3.8) is 0 Å². The minimum absolute atomic E-state index is 0.437. The number of carboxylic acids is 1. The molecule has 18 heavy (non-hydrogen) atoms. The molecular weight excluding hydrogens is 226 g/mol. The van der Waals surface area contributed by atoms with Gasteiger partial charge in [-0.3, -0.25) is 4.79 Å². The fourth-order valence-corrected chi connectivity index (χ4v) is 3.67. The molecule has 2 fully saturated rings. The Bertz CT molecular complexity index is 276. The Morgan fingerprint density at radius 2 is 1.83 bits per heavy atom. The van der Waals surface area contributed by atoms with E-state index in [1.807, 2.05) is 0 Å². The molecule has 1 heterocycles. The molecule has 104 valence electrons. The van der Waals surface area contributed by atoms with Gasteiger partial charge in [0.1, 0.15) is 0 Å². The monoisotopic (exact) mass is 253 g/mol. The minimum atomic E-state index is -0.552. The number of carbonyl (C=O) groups is 1. The zero-order valence-electron chi connectivity index (χ0n) is 11.7. The van der Waals surface area contributed by atoms with Crippen LogP contribution in [-0.4, -0.2) is 35.6 Å². The highest BCUT2D eigenvalue weighted by Gasteiger charge is 2.42. The van der Waals surface area contributed by atoms with Crippen molar-refractivity contribution in [1.82, 2.24) is 4.90 Å². The number of carboxylic acid groups (broad SMARTS) is 1. The van der Waals surface area contributed by atoms with Gasteiger partial charge in [-0.2, -0.15) is 0 Å². The second-order valence-corrected chi connectivity index (χ2v) is 6.35. The molecular formula is C15H27NO2. The quantitative estimate of drug-likeness (QED) is 0.765. The van der Waals surface area contributed by atoms with E-state index in [0.29, 0.717) is 0 Å². The number of hydrogen-bond acceptors (Lipinski definition) is 2. The first-order chi connectivity index (χ1) is 8.66. The normalized spacial score (nSPS) is 25.4. The first-order valence-corrected chi connectivity index (χ1v) is 7.62. The molecule has 0 bridgehead atoms. The minimum Gasteiger partial charge on any atom is -0.481 e. The van der Waals surface area contributed by atoms with E-state index in [1.165, 1.54) is 25.7 Å². The molecule has 0 atom stereocenters. The van der Waals surface area contributed by atoms with Gasteiger partial charge in [0.2, 0.25) is 0 Å². The van der Waals surface area contributed by atoms with Gasteiger partial charge < -0.3 is 10.0 Å². The predicted molar refractivity (Wildman–Crippen MR) is 72.6 cm³/mol. The molecule has 0 amide bonds. The molecule has 0 aromatic rings. The van der Waals surface area contributed by atoms with Crippen LogP contribution in [0.3, 0.4) is 0 Å². The Hall–Kier alpha value is -0.570. The second kappa shape index (κ2) is 6.05. The van der Waals surface area contributed by atoms with Crippen LogP contribution in [0.2, 0.25) is 0 Å². The lowest BCUT2D eigenvalue weighted by atomic mass is 9.78. The van der Waals surface area contributed by atoms with E-state index >= 15 is 0 Å². The predicted octanol–water partition coefficient (Wildman–Crippen LogP) is 3.14. The topological polar surface area (TPSA) is 40.5 Å². The fourth-order valence-electron chi connectivity index (χ4n) is 3.67.